The van der Waals surface area contributed by atoms with E-state index in [0.29, 0.717) is 15.1 Å². The molecular formula is C21H16BrClN2O7. The molecule has 3 rings (SSSR count). The van der Waals surface area contributed by atoms with Gasteiger partial charge in [0.1, 0.15) is 5.57 Å². The summed E-state index contributed by atoms with van der Waals surface area (Å²) >= 11 is 9.25. The summed E-state index contributed by atoms with van der Waals surface area (Å²) in [4.78, 5) is 49.3. The molecule has 2 aromatic rings. The number of benzene rings is 2. The van der Waals surface area contributed by atoms with Crippen LogP contribution in [0.15, 0.2) is 46.4 Å². The third-order valence-electron chi connectivity index (χ3n) is 4.15. The molecule has 0 aliphatic carbocycles. The number of carbonyl (C=O) groups is 4. The van der Waals surface area contributed by atoms with Gasteiger partial charge in [0.15, 0.2) is 18.1 Å². The van der Waals surface area contributed by atoms with Gasteiger partial charge in [-0.15, -0.1) is 0 Å². The van der Waals surface area contributed by atoms with Crippen molar-refractivity contribution in [1.29, 1.82) is 0 Å². The van der Waals surface area contributed by atoms with Gasteiger partial charge in [-0.2, -0.15) is 0 Å². The summed E-state index contributed by atoms with van der Waals surface area (Å²) in [6, 6.07) is 8.19. The summed E-state index contributed by atoms with van der Waals surface area (Å²) in [7, 11) is 0. The summed E-state index contributed by atoms with van der Waals surface area (Å²) in [5.41, 5.74) is 0.284. The average molecular weight is 524 g/mol. The number of barbiturate groups is 1. The Kier molecular flexibility index (Phi) is 7.16. The molecule has 4 amide bonds. The highest BCUT2D eigenvalue weighted by molar-refractivity contribution is 9.10. The smallest absolute Gasteiger partial charge is 0.341 e. The van der Waals surface area contributed by atoms with Crippen LogP contribution in [-0.4, -0.2) is 42.1 Å². The van der Waals surface area contributed by atoms with Gasteiger partial charge in [0, 0.05) is 5.02 Å². The summed E-state index contributed by atoms with van der Waals surface area (Å²) in [6.07, 6.45) is 1.29. The van der Waals surface area contributed by atoms with Crippen LogP contribution in [0.5, 0.6) is 11.5 Å². The molecular weight excluding hydrogens is 508 g/mol. The number of rotatable bonds is 7. The molecule has 0 bridgehead atoms. The SMILES string of the molecule is CCOc1cc(/C=C2\C(=O)NC(=O)N(c3cccc(Cl)c3)C2=O)cc(Br)c1OCC(=O)O. The van der Waals surface area contributed by atoms with Crippen LogP contribution in [0.2, 0.25) is 5.02 Å². The number of hydrogen-bond acceptors (Lipinski definition) is 6. The molecule has 11 heteroatoms. The fraction of sp³-hybridized carbons (Fsp3) is 0.143. The quantitative estimate of drug-likeness (QED) is 0.420. The number of nitrogens with one attached hydrogen (secondary N) is 1. The molecule has 0 atom stereocenters. The Labute approximate surface area is 195 Å². The number of aliphatic carboxylic acids is 1. The van der Waals surface area contributed by atoms with E-state index in [1.54, 1.807) is 19.1 Å². The van der Waals surface area contributed by atoms with Gasteiger partial charge in [-0.1, -0.05) is 17.7 Å². The van der Waals surface area contributed by atoms with Crippen molar-refractivity contribution in [2.24, 2.45) is 0 Å². The van der Waals surface area contributed by atoms with Crippen molar-refractivity contribution in [2.75, 3.05) is 18.1 Å². The number of nitrogens with zero attached hydrogens (tertiary/aromatic N) is 1. The number of hydrogen-bond donors (Lipinski definition) is 2. The second-order valence-corrected chi connectivity index (χ2v) is 7.67. The van der Waals surface area contributed by atoms with Crippen LogP contribution < -0.4 is 19.7 Å². The van der Waals surface area contributed by atoms with Gasteiger partial charge in [0.05, 0.1) is 16.8 Å². The molecule has 1 heterocycles. The Balaban J connectivity index is 2.01. The number of carboxylic acid groups (broad SMARTS) is 1. The number of urea groups is 1. The van der Waals surface area contributed by atoms with Crippen LogP contribution in [0.1, 0.15) is 12.5 Å². The molecule has 1 aliphatic heterocycles. The number of ether oxygens (including phenoxy) is 2. The highest BCUT2D eigenvalue weighted by atomic mass is 79.9. The van der Waals surface area contributed by atoms with E-state index in [-0.39, 0.29) is 29.4 Å². The minimum Gasteiger partial charge on any atom is -0.490 e. The highest BCUT2D eigenvalue weighted by Gasteiger charge is 2.37. The molecule has 2 N–H and O–H groups in total. The van der Waals surface area contributed by atoms with E-state index in [9.17, 15) is 19.2 Å². The fourth-order valence-corrected chi connectivity index (χ4v) is 3.64. The van der Waals surface area contributed by atoms with E-state index in [2.05, 4.69) is 21.2 Å². The van der Waals surface area contributed by atoms with Gasteiger partial charge >= 0.3 is 12.0 Å². The molecule has 32 heavy (non-hydrogen) atoms. The number of halogens is 2. The van der Waals surface area contributed by atoms with E-state index in [0.717, 1.165) is 4.90 Å². The first-order valence-electron chi connectivity index (χ1n) is 9.19. The molecule has 0 unspecified atom stereocenters. The predicted octanol–water partition coefficient (Wildman–Crippen LogP) is 3.63. The first-order valence-corrected chi connectivity index (χ1v) is 10.4. The van der Waals surface area contributed by atoms with Crippen molar-refractivity contribution in [3.8, 4) is 11.5 Å². The zero-order valence-corrected chi connectivity index (χ0v) is 18.9. The lowest BCUT2D eigenvalue weighted by atomic mass is 10.1. The van der Waals surface area contributed by atoms with Crippen LogP contribution in [0.4, 0.5) is 10.5 Å². The lowest BCUT2D eigenvalue weighted by molar-refractivity contribution is -0.139. The number of anilines is 1. The van der Waals surface area contributed by atoms with Gasteiger partial charge in [-0.3, -0.25) is 14.9 Å². The summed E-state index contributed by atoms with van der Waals surface area (Å²) in [6.45, 7) is 1.40. The standard InChI is InChI=1S/C21H16BrClN2O7/c1-2-31-16-8-11(7-15(22)18(16)32-10-17(26)27)6-14-19(28)24-21(30)25(20(14)29)13-5-3-4-12(23)9-13/h3-9H,2,10H2,1H3,(H,26,27)(H,24,28,30)/b14-6+. The zero-order valence-electron chi connectivity index (χ0n) is 16.6. The van der Waals surface area contributed by atoms with E-state index in [4.69, 9.17) is 26.2 Å². The van der Waals surface area contributed by atoms with E-state index in [1.165, 1.54) is 30.3 Å². The molecule has 0 spiro atoms. The van der Waals surface area contributed by atoms with Crippen molar-refractivity contribution in [3.63, 3.8) is 0 Å². The van der Waals surface area contributed by atoms with Crippen LogP contribution >= 0.6 is 27.5 Å². The first-order chi connectivity index (χ1) is 15.2. The summed E-state index contributed by atoms with van der Waals surface area (Å²) in [5.74, 6) is -2.49. The van der Waals surface area contributed by atoms with E-state index >= 15 is 0 Å². The van der Waals surface area contributed by atoms with Crippen molar-refractivity contribution in [2.45, 2.75) is 6.92 Å². The van der Waals surface area contributed by atoms with Crippen LogP contribution in [0, 0.1) is 0 Å². The molecule has 1 aliphatic rings. The first kappa shape index (κ1) is 23.3. The molecule has 2 aromatic carbocycles. The Morgan fingerprint density at radius 3 is 2.62 bits per heavy atom. The second kappa shape index (κ2) is 9.84. The number of carbonyl (C=O) groups excluding carboxylic acids is 3. The molecule has 1 fully saturated rings. The normalized spacial score (nSPS) is 15.0. The summed E-state index contributed by atoms with van der Waals surface area (Å²) in [5, 5.41) is 11.3. The van der Waals surface area contributed by atoms with Gasteiger partial charge in [-0.05, 0) is 64.8 Å². The molecule has 0 saturated carbocycles. The van der Waals surface area contributed by atoms with Crippen LogP contribution in [0.3, 0.4) is 0 Å². The molecule has 0 radical (unpaired) electrons. The zero-order chi connectivity index (χ0) is 23.4. The van der Waals surface area contributed by atoms with Gasteiger partial charge in [0.25, 0.3) is 11.8 Å². The van der Waals surface area contributed by atoms with Gasteiger partial charge in [0.2, 0.25) is 0 Å². The van der Waals surface area contributed by atoms with E-state index in [1.807, 2.05) is 0 Å². The topological polar surface area (TPSA) is 122 Å². The Morgan fingerprint density at radius 2 is 1.97 bits per heavy atom. The Morgan fingerprint density at radius 1 is 1.22 bits per heavy atom. The molecule has 166 valence electrons. The fourth-order valence-electron chi connectivity index (χ4n) is 2.88. The minimum atomic E-state index is -1.17. The largest absolute Gasteiger partial charge is 0.490 e. The summed E-state index contributed by atoms with van der Waals surface area (Å²) < 4.78 is 11.1. The lowest BCUT2D eigenvalue weighted by Gasteiger charge is -2.26. The van der Waals surface area contributed by atoms with Crippen LogP contribution in [-0.2, 0) is 14.4 Å². The highest BCUT2D eigenvalue weighted by Crippen LogP contribution is 2.38. The van der Waals surface area contributed by atoms with Crippen molar-refractivity contribution >= 4 is 63.1 Å². The van der Waals surface area contributed by atoms with Crippen LogP contribution in [0.25, 0.3) is 6.08 Å². The number of carboxylic acids is 1. The van der Waals surface area contributed by atoms with Crippen molar-refractivity contribution in [3.05, 3.63) is 57.0 Å². The van der Waals surface area contributed by atoms with Gasteiger partial charge < -0.3 is 14.6 Å². The third kappa shape index (κ3) is 5.09. The molecule has 1 saturated heterocycles. The maximum atomic E-state index is 13.0. The monoisotopic (exact) mass is 522 g/mol. The average Bonchev–Trinajstić information content (AvgIpc) is 2.70. The maximum absolute atomic E-state index is 13.0. The Hall–Kier alpha value is -3.37. The van der Waals surface area contributed by atoms with Crippen molar-refractivity contribution in [1.82, 2.24) is 5.32 Å². The lowest BCUT2D eigenvalue weighted by Crippen LogP contribution is -2.54. The maximum Gasteiger partial charge on any atom is 0.341 e. The van der Waals surface area contributed by atoms with E-state index < -0.39 is 30.4 Å². The number of imide groups is 2. The molecule has 0 aromatic heterocycles. The Bertz CT molecular complexity index is 1150. The molecule has 9 nitrogen and oxygen atoms in total. The van der Waals surface area contributed by atoms with Crippen molar-refractivity contribution < 1.29 is 33.8 Å². The predicted molar refractivity (Wildman–Crippen MR) is 119 cm³/mol. The minimum absolute atomic E-state index is 0.159. The van der Waals surface area contributed by atoms with Gasteiger partial charge in [-0.25, -0.2) is 14.5 Å². The third-order valence-corrected chi connectivity index (χ3v) is 4.97. The second-order valence-electron chi connectivity index (χ2n) is 6.38. The number of amides is 4.